The lowest BCUT2D eigenvalue weighted by atomic mass is 9.97. The van der Waals surface area contributed by atoms with Crippen LogP contribution in [0.3, 0.4) is 0 Å². The van der Waals surface area contributed by atoms with E-state index in [9.17, 15) is 9.90 Å². The fraction of sp³-hybridized carbons (Fsp3) is 0.474. The van der Waals surface area contributed by atoms with Gasteiger partial charge in [-0.1, -0.05) is 19.4 Å². The molecule has 0 saturated carbocycles. The maximum atomic E-state index is 11.8. The number of aromatic nitrogens is 1. The first-order chi connectivity index (χ1) is 11.6. The summed E-state index contributed by atoms with van der Waals surface area (Å²) in [6.07, 6.45) is 5.60. The predicted octanol–water partition coefficient (Wildman–Crippen LogP) is 4.04. The molecular formula is C19H24N2O2S. The largest absolute Gasteiger partial charge is 0.480 e. The Morgan fingerprint density at radius 3 is 2.83 bits per heavy atom. The third-order valence-corrected chi connectivity index (χ3v) is 5.96. The number of carboxylic acid groups (broad SMARTS) is 1. The van der Waals surface area contributed by atoms with Gasteiger partial charge in [0.15, 0.2) is 0 Å². The van der Waals surface area contributed by atoms with Crippen LogP contribution in [0.25, 0.3) is 0 Å². The van der Waals surface area contributed by atoms with E-state index in [4.69, 9.17) is 0 Å². The molecule has 2 aromatic rings. The number of hydrogen-bond donors (Lipinski definition) is 1. The van der Waals surface area contributed by atoms with Crippen LogP contribution in [0.2, 0.25) is 0 Å². The van der Waals surface area contributed by atoms with Crippen LogP contribution in [0.15, 0.2) is 30.5 Å². The number of rotatable bonds is 5. The SMILES string of the molecule is CCc1ccc(C(c2ccc(C)cn2)N2CCCCC2C(=O)O)s1. The molecule has 5 heteroatoms. The van der Waals surface area contributed by atoms with Crippen LogP contribution in [0.1, 0.15) is 53.2 Å². The third kappa shape index (κ3) is 3.52. The number of hydrogen-bond acceptors (Lipinski definition) is 4. The molecule has 2 unspecified atom stereocenters. The van der Waals surface area contributed by atoms with Crippen molar-refractivity contribution in [3.8, 4) is 0 Å². The van der Waals surface area contributed by atoms with Crippen LogP contribution >= 0.6 is 11.3 Å². The predicted molar refractivity (Wildman–Crippen MR) is 96.5 cm³/mol. The first-order valence-corrected chi connectivity index (χ1v) is 9.41. The first kappa shape index (κ1) is 17.1. The molecule has 1 N–H and O–H groups in total. The summed E-state index contributed by atoms with van der Waals surface area (Å²) in [7, 11) is 0. The smallest absolute Gasteiger partial charge is 0.320 e. The number of aliphatic carboxylic acids is 1. The zero-order valence-corrected chi connectivity index (χ0v) is 15.1. The summed E-state index contributed by atoms with van der Waals surface area (Å²) in [5.41, 5.74) is 2.06. The highest BCUT2D eigenvalue weighted by Gasteiger charge is 2.36. The quantitative estimate of drug-likeness (QED) is 0.889. The van der Waals surface area contributed by atoms with Gasteiger partial charge in [0.05, 0.1) is 11.7 Å². The van der Waals surface area contributed by atoms with Crippen LogP contribution in [0.4, 0.5) is 0 Å². The molecule has 0 aromatic carbocycles. The Balaban J connectivity index is 2.03. The Bertz CT molecular complexity index is 696. The van der Waals surface area contributed by atoms with Gasteiger partial charge in [-0.25, -0.2) is 0 Å². The van der Waals surface area contributed by atoms with Crippen molar-refractivity contribution in [2.45, 2.75) is 51.6 Å². The minimum atomic E-state index is -0.723. The highest BCUT2D eigenvalue weighted by molar-refractivity contribution is 7.12. The summed E-state index contributed by atoms with van der Waals surface area (Å²) in [6, 6.07) is 7.89. The zero-order valence-electron chi connectivity index (χ0n) is 14.2. The number of thiophene rings is 1. The third-order valence-electron chi connectivity index (χ3n) is 4.68. The van der Waals surface area contributed by atoms with Crippen LogP contribution < -0.4 is 0 Å². The van der Waals surface area contributed by atoms with E-state index in [2.05, 4.69) is 35.0 Å². The molecule has 0 aliphatic carbocycles. The fourth-order valence-electron chi connectivity index (χ4n) is 3.38. The lowest BCUT2D eigenvalue weighted by Crippen LogP contribution is -2.46. The Morgan fingerprint density at radius 1 is 1.38 bits per heavy atom. The number of pyridine rings is 1. The van der Waals surface area contributed by atoms with Gasteiger partial charge in [0.2, 0.25) is 0 Å². The molecule has 1 aliphatic heterocycles. The zero-order chi connectivity index (χ0) is 17.1. The van der Waals surface area contributed by atoms with Crippen molar-refractivity contribution >= 4 is 17.3 Å². The molecular weight excluding hydrogens is 320 g/mol. The monoisotopic (exact) mass is 344 g/mol. The van der Waals surface area contributed by atoms with E-state index in [0.717, 1.165) is 37.1 Å². The molecule has 24 heavy (non-hydrogen) atoms. The number of aryl methyl sites for hydroxylation is 2. The van der Waals surface area contributed by atoms with Crippen LogP contribution in [-0.2, 0) is 11.2 Å². The van der Waals surface area contributed by atoms with E-state index in [0.29, 0.717) is 6.42 Å². The number of piperidine rings is 1. The van der Waals surface area contributed by atoms with Gasteiger partial charge in [0, 0.05) is 22.5 Å². The summed E-state index contributed by atoms with van der Waals surface area (Å²) in [6.45, 7) is 4.97. The van der Waals surface area contributed by atoms with Gasteiger partial charge in [-0.3, -0.25) is 14.7 Å². The second-order valence-corrected chi connectivity index (χ2v) is 7.61. The average molecular weight is 344 g/mol. The summed E-state index contributed by atoms with van der Waals surface area (Å²) in [5.74, 6) is -0.723. The lowest BCUT2D eigenvalue weighted by Gasteiger charge is -2.38. The second kappa shape index (κ2) is 7.45. The van der Waals surface area contributed by atoms with Gasteiger partial charge in [0.1, 0.15) is 6.04 Å². The minimum absolute atomic E-state index is 0.0719. The second-order valence-electron chi connectivity index (χ2n) is 6.41. The van der Waals surface area contributed by atoms with Crippen LogP contribution in [-0.4, -0.2) is 33.5 Å². The number of likely N-dealkylation sites (tertiary alicyclic amines) is 1. The summed E-state index contributed by atoms with van der Waals surface area (Å²) >= 11 is 1.77. The highest BCUT2D eigenvalue weighted by Crippen LogP contribution is 2.36. The molecule has 3 rings (SSSR count). The van der Waals surface area contributed by atoms with E-state index in [1.54, 1.807) is 11.3 Å². The maximum absolute atomic E-state index is 11.8. The highest BCUT2D eigenvalue weighted by atomic mass is 32.1. The van der Waals surface area contributed by atoms with Crippen LogP contribution in [0, 0.1) is 6.92 Å². The summed E-state index contributed by atoms with van der Waals surface area (Å²) in [4.78, 5) is 21.1. The van der Waals surface area contributed by atoms with E-state index in [-0.39, 0.29) is 6.04 Å². The number of nitrogens with zero attached hydrogens (tertiary/aromatic N) is 2. The minimum Gasteiger partial charge on any atom is -0.480 e. The van der Waals surface area contributed by atoms with Crippen molar-refractivity contribution in [3.63, 3.8) is 0 Å². The Hall–Kier alpha value is -1.72. The van der Waals surface area contributed by atoms with Crippen molar-refractivity contribution in [3.05, 3.63) is 51.5 Å². The molecule has 2 atom stereocenters. The van der Waals surface area contributed by atoms with Gasteiger partial charge >= 0.3 is 5.97 Å². The van der Waals surface area contributed by atoms with E-state index in [1.165, 1.54) is 9.75 Å². The molecule has 2 aromatic heterocycles. The topological polar surface area (TPSA) is 53.4 Å². The first-order valence-electron chi connectivity index (χ1n) is 8.60. The average Bonchev–Trinajstić information content (AvgIpc) is 3.06. The van der Waals surface area contributed by atoms with Crippen LogP contribution in [0.5, 0.6) is 0 Å². The fourth-order valence-corrected chi connectivity index (χ4v) is 4.47. The van der Waals surface area contributed by atoms with E-state index >= 15 is 0 Å². The van der Waals surface area contributed by atoms with Gasteiger partial charge < -0.3 is 5.11 Å². The lowest BCUT2D eigenvalue weighted by molar-refractivity contribution is -0.145. The Morgan fingerprint density at radius 2 is 2.21 bits per heavy atom. The van der Waals surface area contributed by atoms with Gasteiger partial charge in [-0.15, -0.1) is 11.3 Å². The summed E-state index contributed by atoms with van der Waals surface area (Å²) < 4.78 is 0. The normalized spacial score (nSPS) is 20.0. The number of carbonyl (C=O) groups is 1. The Kier molecular flexibility index (Phi) is 5.31. The molecule has 128 valence electrons. The standard InChI is InChI=1S/C19H24N2O2S/c1-3-14-8-10-17(24-14)18(15-9-7-13(2)12-20-15)21-11-5-4-6-16(21)19(22)23/h7-10,12,16,18H,3-6,11H2,1-2H3,(H,22,23). The van der Waals surface area contributed by atoms with Crippen molar-refractivity contribution in [1.29, 1.82) is 0 Å². The summed E-state index contributed by atoms with van der Waals surface area (Å²) in [5, 5.41) is 9.69. The maximum Gasteiger partial charge on any atom is 0.320 e. The van der Waals surface area contributed by atoms with E-state index < -0.39 is 12.0 Å². The molecule has 3 heterocycles. The van der Waals surface area contributed by atoms with Crippen molar-refractivity contribution in [2.24, 2.45) is 0 Å². The van der Waals surface area contributed by atoms with Gasteiger partial charge in [0.25, 0.3) is 0 Å². The molecule has 1 fully saturated rings. The van der Waals surface area contributed by atoms with E-state index in [1.807, 2.05) is 19.2 Å². The van der Waals surface area contributed by atoms with Gasteiger partial charge in [-0.05, 0) is 49.9 Å². The molecule has 0 radical (unpaired) electrons. The van der Waals surface area contributed by atoms with Crippen molar-refractivity contribution < 1.29 is 9.90 Å². The molecule has 4 nitrogen and oxygen atoms in total. The molecule has 0 bridgehead atoms. The van der Waals surface area contributed by atoms with Crippen molar-refractivity contribution in [1.82, 2.24) is 9.88 Å². The van der Waals surface area contributed by atoms with Gasteiger partial charge in [-0.2, -0.15) is 0 Å². The molecule has 1 aliphatic rings. The molecule has 0 amide bonds. The number of carboxylic acids is 1. The Labute approximate surface area is 147 Å². The van der Waals surface area contributed by atoms with Crippen molar-refractivity contribution in [2.75, 3.05) is 6.54 Å². The molecule has 0 spiro atoms. The molecule has 1 saturated heterocycles.